The Morgan fingerprint density at radius 2 is 1.42 bits per heavy atom. The summed E-state index contributed by atoms with van der Waals surface area (Å²) < 4.78 is 12.0. The minimum Gasteiger partial charge on any atom is -0.455 e. The molecule has 286 valence electrons. The minimum absolute atomic E-state index is 0.00715. The molecule has 7 aromatic carbocycles. The number of allylic oxidation sites excluding steroid dienone is 3. The third-order valence-corrected chi connectivity index (χ3v) is 13.4. The fraction of sp³-hybridized carbons (Fsp3) is 0.109. The van der Waals surface area contributed by atoms with Crippen LogP contribution in [0.25, 0.3) is 82.6 Å². The SMILES string of the molecule is CC1(n2c3c(c4c5oc6ccccc6c5cc(-c5ccc6c(c5)c5ccccc5n6-c5ccccc5)c42)-c2ccccc2CC3)N=C2C=CC=CC2C(c2ccccc2)N1. The molecule has 3 unspecified atom stereocenters. The van der Waals surface area contributed by atoms with Crippen LogP contribution < -0.4 is 5.32 Å². The van der Waals surface area contributed by atoms with Crippen LogP contribution in [-0.4, -0.2) is 14.8 Å². The molecule has 0 saturated heterocycles. The molecule has 5 nitrogen and oxygen atoms in total. The number of furan rings is 1. The first-order chi connectivity index (χ1) is 29.6. The maximum atomic E-state index is 7.03. The number of nitrogens with one attached hydrogen (secondary N) is 1. The maximum Gasteiger partial charge on any atom is 0.189 e. The molecule has 0 fully saturated rings. The first-order valence-corrected chi connectivity index (χ1v) is 21.1. The van der Waals surface area contributed by atoms with Crippen LogP contribution in [0.4, 0.5) is 0 Å². The number of nitrogens with zero attached hydrogens (tertiary/aromatic N) is 3. The van der Waals surface area contributed by atoms with E-state index in [1.165, 1.54) is 49.8 Å². The normalized spacial score (nSPS) is 19.6. The number of benzene rings is 7. The first-order valence-electron chi connectivity index (χ1n) is 21.1. The quantitative estimate of drug-likeness (QED) is 0.194. The van der Waals surface area contributed by atoms with Crippen molar-refractivity contribution in [3.8, 4) is 27.9 Å². The Kier molecular flexibility index (Phi) is 7.11. The summed E-state index contributed by atoms with van der Waals surface area (Å²) in [6.07, 6.45) is 10.6. The van der Waals surface area contributed by atoms with Crippen LogP contribution in [-0.2, 0) is 18.6 Å². The van der Waals surface area contributed by atoms with E-state index < -0.39 is 5.79 Å². The molecule has 2 aliphatic carbocycles. The molecular formula is C55H40N4O. The van der Waals surface area contributed by atoms with Crippen LogP contribution in [0.2, 0.25) is 0 Å². The monoisotopic (exact) mass is 772 g/mol. The number of aromatic nitrogens is 2. The molecule has 5 heteroatoms. The van der Waals surface area contributed by atoms with Gasteiger partial charge in [0.05, 0.1) is 21.9 Å². The Hall–Kier alpha value is -7.21. The lowest BCUT2D eigenvalue weighted by Gasteiger charge is -2.43. The number of fused-ring (bicyclic) bond motifs is 13. The molecule has 0 bridgehead atoms. The van der Waals surface area contributed by atoms with Crippen molar-refractivity contribution in [2.24, 2.45) is 10.9 Å². The van der Waals surface area contributed by atoms with E-state index in [4.69, 9.17) is 9.41 Å². The molecule has 3 aromatic heterocycles. The van der Waals surface area contributed by atoms with Crippen LogP contribution in [0.5, 0.6) is 0 Å². The molecule has 3 atom stereocenters. The highest BCUT2D eigenvalue weighted by atomic mass is 16.3. The summed E-state index contributed by atoms with van der Waals surface area (Å²) in [7, 11) is 0. The summed E-state index contributed by atoms with van der Waals surface area (Å²) in [5, 5.41) is 10.0. The largest absolute Gasteiger partial charge is 0.455 e. The summed E-state index contributed by atoms with van der Waals surface area (Å²) >= 11 is 0. The Morgan fingerprint density at radius 3 is 2.30 bits per heavy atom. The van der Waals surface area contributed by atoms with Gasteiger partial charge in [0, 0.05) is 61.7 Å². The number of hydrogen-bond acceptors (Lipinski definition) is 3. The number of hydrogen-bond donors (Lipinski definition) is 1. The molecule has 10 aromatic rings. The van der Waals surface area contributed by atoms with Gasteiger partial charge < -0.3 is 13.6 Å². The average molecular weight is 773 g/mol. The van der Waals surface area contributed by atoms with Crippen LogP contribution in [0.1, 0.15) is 29.8 Å². The Labute approximate surface area is 347 Å². The van der Waals surface area contributed by atoms with Gasteiger partial charge in [-0.15, -0.1) is 0 Å². The van der Waals surface area contributed by atoms with Gasteiger partial charge in [-0.3, -0.25) is 5.32 Å². The smallest absolute Gasteiger partial charge is 0.189 e. The van der Waals surface area contributed by atoms with Crippen LogP contribution >= 0.6 is 0 Å². The van der Waals surface area contributed by atoms with E-state index in [2.05, 4.69) is 203 Å². The van der Waals surface area contributed by atoms with E-state index in [0.29, 0.717) is 0 Å². The lowest BCUT2D eigenvalue weighted by atomic mass is 9.84. The third-order valence-electron chi connectivity index (χ3n) is 13.4. The van der Waals surface area contributed by atoms with Crippen molar-refractivity contribution < 1.29 is 4.42 Å². The molecule has 0 amide bonds. The van der Waals surface area contributed by atoms with E-state index in [-0.39, 0.29) is 12.0 Å². The van der Waals surface area contributed by atoms with Gasteiger partial charge in [-0.2, -0.15) is 0 Å². The Bertz CT molecular complexity index is 3490. The number of rotatable bonds is 4. The van der Waals surface area contributed by atoms with Gasteiger partial charge in [0.2, 0.25) is 0 Å². The van der Waals surface area contributed by atoms with Gasteiger partial charge in [-0.1, -0.05) is 133 Å². The van der Waals surface area contributed by atoms with Crippen molar-refractivity contribution in [3.05, 3.63) is 199 Å². The molecule has 1 N–H and O–H groups in total. The van der Waals surface area contributed by atoms with Crippen molar-refractivity contribution in [3.63, 3.8) is 0 Å². The van der Waals surface area contributed by atoms with Gasteiger partial charge in [-0.05, 0) is 90.6 Å². The van der Waals surface area contributed by atoms with Gasteiger partial charge in [-0.25, -0.2) is 4.99 Å². The molecule has 1 aliphatic heterocycles. The van der Waals surface area contributed by atoms with Crippen LogP contribution in [0.15, 0.2) is 191 Å². The van der Waals surface area contributed by atoms with Crippen molar-refractivity contribution in [2.45, 2.75) is 31.6 Å². The summed E-state index contributed by atoms with van der Waals surface area (Å²) in [4.78, 5) is 5.75. The van der Waals surface area contributed by atoms with E-state index in [9.17, 15) is 0 Å². The van der Waals surface area contributed by atoms with Gasteiger partial charge >= 0.3 is 0 Å². The van der Waals surface area contributed by atoms with E-state index in [0.717, 1.165) is 68.2 Å². The fourth-order valence-corrected chi connectivity index (χ4v) is 10.8. The van der Waals surface area contributed by atoms with Gasteiger partial charge in [0.15, 0.2) is 5.79 Å². The highest BCUT2D eigenvalue weighted by Gasteiger charge is 2.43. The molecule has 0 radical (unpaired) electrons. The summed E-state index contributed by atoms with van der Waals surface area (Å²) in [6.45, 7) is 2.28. The summed E-state index contributed by atoms with van der Waals surface area (Å²) in [5.74, 6) is -0.739. The zero-order valence-electron chi connectivity index (χ0n) is 33.1. The van der Waals surface area contributed by atoms with Crippen LogP contribution in [0, 0.1) is 5.92 Å². The maximum absolute atomic E-state index is 7.03. The second-order valence-corrected chi connectivity index (χ2v) is 16.7. The Morgan fingerprint density at radius 1 is 0.667 bits per heavy atom. The van der Waals surface area contributed by atoms with Crippen LogP contribution in [0.3, 0.4) is 0 Å². The Balaban J connectivity index is 1.18. The van der Waals surface area contributed by atoms with Crippen molar-refractivity contribution in [1.29, 1.82) is 0 Å². The molecule has 0 spiro atoms. The van der Waals surface area contributed by atoms with Gasteiger partial charge in [0.1, 0.15) is 11.2 Å². The third kappa shape index (κ3) is 4.75. The zero-order chi connectivity index (χ0) is 39.5. The minimum atomic E-state index is -0.845. The standard InChI is InChI=1S/C55H40N4O/c1-55(56-45-25-13-10-24-41(45)52(57-55)35-17-4-2-5-18-35)59-48-31-28-34-16-8-9-21-38(34)50(48)51-53(59)42(33-44-40-23-12-15-27-49(40)60-54(44)51)36-29-30-47-43(32-36)39-22-11-14-26-46(39)58(47)37-19-6-3-7-20-37/h2-27,29-30,32-33,41,52,57H,28,31H2,1H3. The molecule has 0 saturated carbocycles. The van der Waals surface area contributed by atoms with Crippen molar-refractivity contribution >= 4 is 60.4 Å². The number of aryl methyl sites for hydroxylation is 1. The molecule has 3 aliphatic rings. The molecular weight excluding hydrogens is 733 g/mol. The van der Waals surface area contributed by atoms with Crippen molar-refractivity contribution in [1.82, 2.24) is 14.5 Å². The second kappa shape index (κ2) is 12.6. The second-order valence-electron chi connectivity index (χ2n) is 16.7. The lowest BCUT2D eigenvalue weighted by Crippen LogP contribution is -2.53. The fourth-order valence-electron chi connectivity index (χ4n) is 10.8. The predicted molar refractivity (Wildman–Crippen MR) is 247 cm³/mol. The first kappa shape index (κ1) is 33.7. The van der Waals surface area contributed by atoms with E-state index in [1.807, 2.05) is 0 Å². The molecule has 13 rings (SSSR count). The van der Waals surface area contributed by atoms with Crippen molar-refractivity contribution in [2.75, 3.05) is 0 Å². The number of aliphatic imine (C=N–C) groups is 1. The highest BCUT2D eigenvalue weighted by Crippen LogP contribution is 2.52. The van der Waals surface area contributed by atoms with Gasteiger partial charge in [0.25, 0.3) is 0 Å². The average Bonchev–Trinajstić information content (AvgIpc) is 3.97. The zero-order valence-corrected chi connectivity index (χ0v) is 33.1. The van der Waals surface area contributed by atoms with E-state index >= 15 is 0 Å². The summed E-state index contributed by atoms with van der Waals surface area (Å²) in [5.41, 5.74) is 16.3. The molecule has 60 heavy (non-hydrogen) atoms. The molecule has 4 heterocycles. The van der Waals surface area contributed by atoms with E-state index in [1.54, 1.807) is 0 Å². The number of para-hydroxylation sites is 3. The predicted octanol–water partition coefficient (Wildman–Crippen LogP) is 13.2. The topological polar surface area (TPSA) is 47.4 Å². The highest BCUT2D eigenvalue weighted by molar-refractivity contribution is 6.24. The summed E-state index contributed by atoms with van der Waals surface area (Å²) in [6, 6.07) is 57.3. The lowest BCUT2D eigenvalue weighted by molar-refractivity contribution is 0.200.